The number of hydrogen-bond acceptors (Lipinski definition) is 8. The van der Waals surface area contributed by atoms with Gasteiger partial charge in [-0.05, 0) is 48.1 Å². The van der Waals surface area contributed by atoms with Crippen molar-refractivity contribution in [2.75, 3.05) is 25.1 Å². The van der Waals surface area contributed by atoms with Crippen molar-refractivity contribution in [1.29, 1.82) is 0 Å². The Morgan fingerprint density at radius 1 is 0.800 bits per heavy atom. The van der Waals surface area contributed by atoms with Gasteiger partial charge in [0.05, 0.1) is 19.1 Å². The normalized spacial score (nSPS) is 12.8. The summed E-state index contributed by atoms with van der Waals surface area (Å²) in [5, 5.41) is 28.6. The maximum Gasteiger partial charge on any atom is 0.326 e. The van der Waals surface area contributed by atoms with Crippen molar-refractivity contribution >= 4 is 41.4 Å². The maximum atomic E-state index is 12.7. The second-order valence-electron chi connectivity index (χ2n) is 8.96. The second kappa shape index (κ2) is 16.8. The third-order valence-corrected chi connectivity index (χ3v) is 6.40. The summed E-state index contributed by atoms with van der Waals surface area (Å²) in [4.78, 5) is 61.4. The summed E-state index contributed by atoms with van der Waals surface area (Å²) < 4.78 is 0. The highest BCUT2D eigenvalue weighted by Crippen LogP contribution is 2.11. The van der Waals surface area contributed by atoms with Crippen LogP contribution in [0.1, 0.15) is 17.5 Å². The summed E-state index contributed by atoms with van der Waals surface area (Å²) in [6.45, 7) is -0.892. The predicted molar refractivity (Wildman–Crippen MR) is 150 cm³/mol. The van der Waals surface area contributed by atoms with Gasteiger partial charge in [-0.2, -0.15) is 11.8 Å². The fraction of sp³-hybridized carbons (Fsp3) is 0.370. The zero-order valence-corrected chi connectivity index (χ0v) is 22.9. The topological polar surface area (TPSA) is 200 Å². The fourth-order valence-electron chi connectivity index (χ4n) is 3.61. The van der Waals surface area contributed by atoms with E-state index in [9.17, 15) is 34.2 Å². The highest BCUT2D eigenvalue weighted by molar-refractivity contribution is 7.98. The quantitative estimate of drug-likeness (QED) is 0.139. The van der Waals surface area contributed by atoms with Crippen molar-refractivity contribution in [1.82, 2.24) is 21.3 Å². The van der Waals surface area contributed by atoms with Gasteiger partial charge >= 0.3 is 5.97 Å². The predicted octanol–water partition coefficient (Wildman–Crippen LogP) is -0.456. The van der Waals surface area contributed by atoms with Crippen molar-refractivity contribution in [3.8, 4) is 5.75 Å². The van der Waals surface area contributed by atoms with Crippen LogP contribution in [-0.2, 0) is 36.8 Å². The molecule has 0 aliphatic heterocycles. The van der Waals surface area contributed by atoms with Crippen LogP contribution in [0.4, 0.5) is 0 Å². The molecule has 0 aliphatic rings. The SMILES string of the molecule is CSCC[C@H](NC(=O)CNC(=O)[C@@H](N)Cc1ccc(O)cc1)C(=O)NCC(=O)N[C@@H](Cc1ccccc1)C(=O)O. The van der Waals surface area contributed by atoms with Gasteiger partial charge in [-0.15, -0.1) is 0 Å². The molecule has 0 unspecified atom stereocenters. The van der Waals surface area contributed by atoms with Gasteiger partial charge in [0.25, 0.3) is 0 Å². The molecule has 2 rings (SSSR count). The lowest BCUT2D eigenvalue weighted by molar-refractivity contribution is -0.141. The Labute approximate surface area is 236 Å². The van der Waals surface area contributed by atoms with Gasteiger partial charge in [0.2, 0.25) is 23.6 Å². The van der Waals surface area contributed by atoms with Crippen LogP contribution in [-0.4, -0.2) is 83.0 Å². The van der Waals surface area contributed by atoms with E-state index in [4.69, 9.17) is 5.73 Å². The van der Waals surface area contributed by atoms with E-state index >= 15 is 0 Å². The number of aliphatic carboxylic acids is 1. The van der Waals surface area contributed by atoms with Crippen LogP contribution in [0.25, 0.3) is 0 Å². The van der Waals surface area contributed by atoms with E-state index in [1.165, 1.54) is 23.9 Å². The lowest BCUT2D eigenvalue weighted by Gasteiger charge is -2.19. The van der Waals surface area contributed by atoms with E-state index in [1.807, 2.05) is 6.26 Å². The zero-order chi connectivity index (χ0) is 29.5. The number of hydrogen-bond donors (Lipinski definition) is 7. The minimum atomic E-state index is -1.21. The van der Waals surface area contributed by atoms with Crippen molar-refractivity contribution in [2.45, 2.75) is 37.4 Å². The van der Waals surface area contributed by atoms with Crippen molar-refractivity contribution < 1.29 is 34.2 Å². The number of phenolic OH excluding ortho intramolecular Hbond substituents is 1. The van der Waals surface area contributed by atoms with Gasteiger partial charge in [-0.1, -0.05) is 42.5 Å². The molecule has 40 heavy (non-hydrogen) atoms. The molecular weight excluding hydrogens is 538 g/mol. The molecule has 0 aromatic heterocycles. The Kier molecular flexibility index (Phi) is 13.5. The molecule has 0 fully saturated rings. The van der Waals surface area contributed by atoms with Gasteiger partial charge < -0.3 is 37.2 Å². The van der Waals surface area contributed by atoms with Crippen molar-refractivity contribution in [3.05, 3.63) is 65.7 Å². The van der Waals surface area contributed by atoms with E-state index < -0.39 is 60.8 Å². The number of carboxylic acids is 1. The van der Waals surface area contributed by atoms with Crippen LogP contribution < -0.4 is 27.0 Å². The number of carbonyl (C=O) groups is 5. The number of amides is 4. The highest BCUT2D eigenvalue weighted by atomic mass is 32.2. The number of phenols is 1. The highest BCUT2D eigenvalue weighted by Gasteiger charge is 2.24. The van der Waals surface area contributed by atoms with Gasteiger partial charge in [0, 0.05) is 6.42 Å². The Balaban J connectivity index is 1.83. The van der Waals surface area contributed by atoms with E-state index in [-0.39, 0.29) is 25.0 Å². The molecule has 4 amide bonds. The van der Waals surface area contributed by atoms with E-state index in [1.54, 1.807) is 42.5 Å². The molecule has 0 radical (unpaired) electrons. The summed E-state index contributed by atoms with van der Waals surface area (Å²) in [6, 6.07) is 11.9. The van der Waals surface area contributed by atoms with Gasteiger partial charge in [-0.3, -0.25) is 19.2 Å². The molecule has 0 saturated carbocycles. The molecule has 3 atom stereocenters. The number of nitrogens with two attached hydrogens (primary N) is 1. The van der Waals surface area contributed by atoms with Crippen LogP contribution in [0.3, 0.4) is 0 Å². The smallest absolute Gasteiger partial charge is 0.326 e. The van der Waals surface area contributed by atoms with Crippen LogP contribution in [0.2, 0.25) is 0 Å². The molecular formula is C27H35N5O7S. The molecule has 0 spiro atoms. The van der Waals surface area contributed by atoms with Crippen LogP contribution in [0.5, 0.6) is 5.75 Å². The maximum absolute atomic E-state index is 12.7. The summed E-state index contributed by atoms with van der Waals surface area (Å²) in [5.41, 5.74) is 7.37. The summed E-state index contributed by atoms with van der Waals surface area (Å²) in [6.07, 6.45) is 2.37. The molecule has 0 bridgehead atoms. The largest absolute Gasteiger partial charge is 0.508 e. The Morgan fingerprint density at radius 2 is 1.35 bits per heavy atom. The van der Waals surface area contributed by atoms with E-state index in [2.05, 4.69) is 21.3 Å². The Morgan fingerprint density at radius 3 is 1.93 bits per heavy atom. The lowest BCUT2D eigenvalue weighted by Crippen LogP contribution is -2.53. The number of carboxylic acid groups (broad SMARTS) is 1. The van der Waals surface area contributed by atoms with Crippen LogP contribution in [0, 0.1) is 0 Å². The summed E-state index contributed by atoms with van der Waals surface area (Å²) in [5.74, 6) is -3.08. The monoisotopic (exact) mass is 573 g/mol. The number of carbonyl (C=O) groups excluding carboxylic acids is 4. The third-order valence-electron chi connectivity index (χ3n) is 5.75. The average molecular weight is 574 g/mol. The van der Waals surface area contributed by atoms with E-state index in [0.29, 0.717) is 5.75 Å². The molecule has 0 aliphatic carbocycles. The number of nitrogens with one attached hydrogen (secondary N) is 4. The second-order valence-corrected chi connectivity index (χ2v) is 9.95. The number of rotatable bonds is 16. The molecule has 2 aromatic carbocycles. The molecule has 13 heteroatoms. The lowest BCUT2D eigenvalue weighted by atomic mass is 10.1. The molecule has 8 N–H and O–H groups in total. The summed E-state index contributed by atoms with van der Waals surface area (Å²) in [7, 11) is 0. The van der Waals surface area contributed by atoms with E-state index in [0.717, 1.165) is 11.1 Å². The average Bonchev–Trinajstić information content (AvgIpc) is 2.93. The molecule has 0 heterocycles. The molecule has 0 saturated heterocycles. The minimum Gasteiger partial charge on any atom is -0.508 e. The minimum absolute atomic E-state index is 0.0760. The van der Waals surface area contributed by atoms with Crippen LogP contribution >= 0.6 is 11.8 Å². The first kappa shape index (κ1) is 32.1. The Bertz CT molecular complexity index is 1150. The first-order chi connectivity index (χ1) is 19.1. The first-order valence-corrected chi connectivity index (χ1v) is 13.9. The zero-order valence-electron chi connectivity index (χ0n) is 22.1. The fourth-order valence-corrected chi connectivity index (χ4v) is 4.08. The van der Waals surface area contributed by atoms with Crippen LogP contribution in [0.15, 0.2) is 54.6 Å². The third kappa shape index (κ3) is 11.7. The van der Waals surface area contributed by atoms with Gasteiger partial charge in [0.1, 0.15) is 17.8 Å². The number of thioether (sulfide) groups is 1. The molecule has 216 valence electrons. The molecule has 12 nitrogen and oxygen atoms in total. The number of aromatic hydroxyl groups is 1. The van der Waals surface area contributed by atoms with Crippen molar-refractivity contribution in [3.63, 3.8) is 0 Å². The number of benzene rings is 2. The van der Waals surface area contributed by atoms with Gasteiger partial charge in [-0.25, -0.2) is 4.79 Å². The Hall–Kier alpha value is -4.10. The first-order valence-electron chi connectivity index (χ1n) is 12.5. The van der Waals surface area contributed by atoms with Crippen molar-refractivity contribution in [2.24, 2.45) is 5.73 Å². The molecule has 2 aromatic rings. The standard InChI is InChI=1S/C27H35N5O7S/c1-40-12-11-21(31-23(34)15-29-25(36)20(28)13-18-7-9-19(33)10-8-18)26(37)30-16-24(35)32-22(27(38)39)14-17-5-3-2-4-6-17/h2-10,20-22,33H,11-16,28H2,1H3,(H,29,36)(H,30,37)(H,31,34)(H,32,35)(H,38,39)/t20-,21-,22-/m0/s1. The van der Waals surface area contributed by atoms with Gasteiger partial charge in [0.15, 0.2) is 0 Å². The summed E-state index contributed by atoms with van der Waals surface area (Å²) >= 11 is 1.46.